The van der Waals surface area contributed by atoms with Gasteiger partial charge in [0.05, 0.1) is 6.04 Å². The topological polar surface area (TPSA) is 66.8 Å². The van der Waals surface area contributed by atoms with E-state index in [-0.39, 0.29) is 18.6 Å². The molecule has 3 rings (SSSR count). The second-order valence-electron chi connectivity index (χ2n) is 5.84. The van der Waals surface area contributed by atoms with Crippen LogP contribution in [0.25, 0.3) is 0 Å². The normalized spacial score (nSPS) is 26.0. The molecule has 2 atom stereocenters. The number of carboxylic acids is 1. The Bertz CT molecular complexity index is 594. The molecule has 5 heteroatoms. The van der Waals surface area contributed by atoms with Gasteiger partial charge in [-0.1, -0.05) is 18.2 Å². The van der Waals surface area contributed by atoms with Crippen LogP contribution in [0.5, 0.6) is 0 Å². The molecule has 112 valence electrons. The van der Waals surface area contributed by atoms with E-state index in [1.807, 2.05) is 32.0 Å². The first-order valence-electron chi connectivity index (χ1n) is 7.22. The molecule has 0 aromatic heterocycles. The van der Waals surface area contributed by atoms with Crippen LogP contribution in [0.2, 0.25) is 0 Å². The molecule has 1 saturated carbocycles. The number of carbonyl (C=O) groups is 2. The molecular weight excluding hydrogens is 270 g/mol. The summed E-state index contributed by atoms with van der Waals surface area (Å²) in [5.41, 5.74) is 2.99. The van der Waals surface area contributed by atoms with Crippen molar-refractivity contribution in [3.63, 3.8) is 0 Å². The molecule has 21 heavy (non-hydrogen) atoms. The summed E-state index contributed by atoms with van der Waals surface area (Å²) in [5.74, 6) is -1.13. The molecular formula is C16H19NO4. The molecule has 1 heterocycles. The number of benzene rings is 1. The van der Waals surface area contributed by atoms with Crippen molar-refractivity contribution in [1.29, 1.82) is 0 Å². The van der Waals surface area contributed by atoms with E-state index in [2.05, 4.69) is 0 Å². The second kappa shape index (κ2) is 5.15. The van der Waals surface area contributed by atoms with Crippen molar-refractivity contribution in [3.05, 3.63) is 34.9 Å². The molecule has 1 aliphatic carbocycles. The van der Waals surface area contributed by atoms with Gasteiger partial charge in [0.15, 0.2) is 6.10 Å². The highest BCUT2D eigenvalue weighted by molar-refractivity contribution is 5.83. The fourth-order valence-electron chi connectivity index (χ4n) is 3.02. The largest absolute Gasteiger partial charge is 0.479 e. The standard InChI is InChI=1S/C16H19NO4/c1-9-4-3-5-12(10(9)2)14-15(16(19)20)21-8-13(18)17(14)11-6-7-11/h3-5,11,14-15H,6-8H2,1-2H3,(H,19,20). The predicted molar refractivity (Wildman–Crippen MR) is 75.9 cm³/mol. The fraction of sp³-hybridized carbons (Fsp3) is 0.500. The first-order chi connectivity index (χ1) is 10.0. The summed E-state index contributed by atoms with van der Waals surface area (Å²) < 4.78 is 5.33. The number of hydrogen-bond acceptors (Lipinski definition) is 3. The van der Waals surface area contributed by atoms with E-state index in [0.717, 1.165) is 29.5 Å². The number of rotatable bonds is 3. The number of aliphatic carboxylic acids is 1. The average Bonchev–Trinajstić information content (AvgIpc) is 3.25. The number of amides is 1. The first kappa shape index (κ1) is 14.1. The lowest BCUT2D eigenvalue weighted by Gasteiger charge is -2.40. The van der Waals surface area contributed by atoms with Crippen molar-refractivity contribution in [1.82, 2.24) is 4.90 Å². The number of ether oxygens (including phenoxy) is 1. The minimum Gasteiger partial charge on any atom is -0.479 e. The molecule has 1 aliphatic heterocycles. The SMILES string of the molecule is Cc1cccc(C2C(C(=O)O)OCC(=O)N2C2CC2)c1C. The van der Waals surface area contributed by atoms with E-state index in [4.69, 9.17) is 4.74 Å². The van der Waals surface area contributed by atoms with Gasteiger partial charge in [0, 0.05) is 6.04 Å². The Labute approximate surface area is 123 Å². The lowest BCUT2D eigenvalue weighted by Crippen LogP contribution is -2.52. The summed E-state index contributed by atoms with van der Waals surface area (Å²) in [5, 5.41) is 9.47. The Morgan fingerprint density at radius 2 is 2.05 bits per heavy atom. The van der Waals surface area contributed by atoms with Crippen molar-refractivity contribution in [2.24, 2.45) is 0 Å². The lowest BCUT2D eigenvalue weighted by molar-refractivity contribution is -0.174. The zero-order valence-electron chi connectivity index (χ0n) is 12.2. The van der Waals surface area contributed by atoms with Gasteiger partial charge in [-0.2, -0.15) is 0 Å². The van der Waals surface area contributed by atoms with E-state index in [0.29, 0.717) is 0 Å². The van der Waals surface area contributed by atoms with Crippen LogP contribution >= 0.6 is 0 Å². The molecule has 2 aliphatic rings. The van der Waals surface area contributed by atoms with Gasteiger partial charge in [0.2, 0.25) is 5.91 Å². The van der Waals surface area contributed by atoms with Gasteiger partial charge >= 0.3 is 5.97 Å². The quantitative estimate of drug-likeness (QED) is 0.921. The summed E-state index contributed by atoms with van der Waals surface area (Å²) >= 11 is 0. The predicted octanol–water partition coefficient (Wildman–Crippen LogP) is 1.82. The molecule has 1 aromatic rings. The third-order valence-corrected chi connectivity index (χ3v) is 4.41. The summed E-state index contributed by atoms with van der Waals surface area (Å²) in [6.45, 7) is 3.81. The molecule has 5 nitrogen and oxygen atoms in total. The Kier molecular flexibility index (Phi) is 3.45. The second-order valence-corrected chi connectivity index (χ2v) is 5.84. The minimum absolute atomic E-state index is 0.110. The minimum atomic E-state index is -1.01. The zero-order valence-corrected chi connectivity index (χ0v) is 12.2. The molecule has 2 fully saturated rings. The van der Waals surface area contributed by atoms with E-state index in [9.17, 15) is 14.7 Å². The lowest BCUT2D eigenvalue weighted by atomic mass is 9.91. The van der Waals surface area contributed by atoms with Crippen molar-refractivity contribution in [2.45, 2.75) is 44.9 Å². The molecule has 0 radical (unpaired) electrons. The van der Waals surface area contributed by atoms with E-state index < -0.39 is 18.1 Å². The van der Waals surface area contributed by atoms with Crippen LogP contribution in [-0.2, 0) is 14.3 Å². The monoisotopic (exact) mass is 289 g/mol. The van der Waals surface area contributed by atoms with Crippen molar-refractivity contribution in [3.8, 4) is 0 Å². The summed E-state index contributed by atoms with van der Waals surface area (Å²) in [4.78, 5) is 25.5. The highest BCUT2D eigenvalue weighted by Crippen LogP contribution is 2.40. The van der Waals surface area contributed by atoms with Crippen LogP contribution in [0.1, 0.15) is 35.6 Å². The van der Waals surface area contributed by atoms with Gasteiger partial charge in [-0.05, 0) is 43.4 Å². The Hall–Kier alpha value is -1.88. The molecule has 1 saturated heterocycles. The zero-order chi connectivity index (χ0) is 15.1. The van der Waals surface area contributed by atoms with Crippen LogP contribution < -0.4 is 0 Å². The molecule has 1 N–H and O–H groups in total. The van der Waals surface area contributed by atoms with Gasteiger partial charge in [-0.15, -0.1) is 0 Å². The van der Waals surface area contributed by atoms with E-state index in [1.165, 1.54) is 0 Å². The Morgan fingerprint density at radius 1 is 1.33 bits per heavy atom. The van der Waals surface area contributed by atoms with Gasteiger partial charge in [0.25, 0.3) is 0 Å². The third-order valence-electron chi connectivity index (χ3n) is 4.41. The van der Waals surface area contributed by atoms with Crippen molar-refractivity contribution >= 4 is 11.9 Å². The van der Waals surface area contributed by atoms with Crippen LogP contribution in [0.4, 0.5) is 0 Å². The molecule has 0 bridgehead atoms. The fourth-order valence-corrected chi connectivity index (χ4v) is 3.02. The Balaban J connectivity index is 2.08. The molecule has 0 spiro atoms. The number of carbonyl (C=O) groups excluding carboxylic acids is 1. The van der Waals surface area contributed by atoms with Crippen molar-refractivity contribution < 1.29 is 19.4 Å². The average molecular weight is 289 g/mol. The van der Waals surface area contributed by atoms with Gasteiger partial charge in [-0.3, -0.25) is 4.79 Å². The Morgan fingerprint density at radius 3 is 2.67 bits per heavy atom. The summed E-state index contributed by atoms with van der Waals surface area (Å²) in [6.07, 6.45) is 0.891. The molecule has 1 amide bonds. The first-order valence-corrected chi connectivity index (χ1v) is 7.22. The number of aryl methyl sites for hydroxylation is 1. The maximum Gasteiger partial charge on any atom is 0.335 e. The summed E-state index contributed by atoms with van der Waals surface area (Å²) in [7, 11) is 0. The van der Waals surface area contributed by atoms with Crippen molar-refractivity contribution in [2.75, 3.05) is 6.61 Å². The highest BCUT2D eigenvalue weighted by atomic mass is 16.5. The maximum atomic E-state index is 12.2. The van der Waals surface area contributed by atoms with Gasteiger partial charge in [0.1, 0.15) is 6.61 Å². The number of carboxylic acid groups (broad SMARTS) is 1. The van der Waals surface area contributed by atoms with Gasteiger partial charge in [-0.25, -0.2) is 4.79 Å². The smallest absolute Gasteiger partial charge is 0.335 e. The number of morpholine rings is 1. The van der Waals surface area contributed by atoms with Crippen LogP contribution in [0, 0.1) is 13.8 Å². The van der Waals surface area contributed by atoms with E-state index in [1.54, 1.807) is 4.90 Å². The maximum absolute atomic E-state index is 12.2. The number of hydrogen-bond donors (Lipinski definition) is 1. The third kappa shape index (κ3) is 2.42. The van der Waals surface area contributed by atoms with Crippen LogP contribution in [0.3, 0.4) is 0 Å². The highest BCUT2D eigenvalue weighted by Gasteiger charge is 2.47. The van der Waals surface area contributed by atoms with E-state index >= 15 is 0 Å². The number of nitrogens with zero attached hydrogens (tertiary/aromatic N) is 1. The molecule has 2 unspecified atom stereocenters. The van der Waals surface area contributed by atoms with Gasteiger partial charge < -0.3 is 14.7 Å². The molecule has 1 aromatic carbocycles. The van der Waals surface area contributed by atoms with Crippen LogP contribution in [0.15, 0.2) is 18.2 Å². The summed E-state index contributed by atoms with van der Waals surface area (Å²) in [6, 6.07) is 5.42. The van der Waals surface area contributed by atoms with Crippen LogP contribution in [-0.4, -0.2) is 40.6 Å².